The van der Waals surface area contributed by atoms with Crippen LogP contribution in [0.2, 0.25) is 0 Å². The van der Waals surface area contributed by atoms with Crippen molar-refractivity contribution in [3.05, 3.63) is 42.6 Å². The van der Waals surface area contributed by atoms with E-state index in [0.29, 0.717) is 35.9 Å². The normalized spacial score (nSPS) is 23.9. The molecule has 162 valence electrons. The lowest BCUT2D eigenvalue weighted by molar-refractivity contribution is -0.139. The molecular weight excluding hydrogens is 399 g/mol. The predicted octanol–water partition coefficient (Wildman–Crippen LogP) is 2.49. The van der Waals surface area contributed by atoms with Crippen LogP contribution in [0.25, 0.3) is 17.2 Å². The van der Waals surface area contributed by atoms with Gasteiger partial charge >= 0.3 is 0 Å². The first-order valence-electron chi connectivity index (χ1n) is 10.8. The zero-order chi connectivity index (χ0) is 21.4. The highest BCUT2D eigenvalue weighted by molar-refractivity contribution is 5.80. The van der Waals surface area contributed by atoms with Gasteiger partial charge in [0.2, 0.25) is 5.91 Å². The molecule has 3 aromatic rings. The standard InChI is InChI=1S/C22H25FN6O2/c23-14-6-7-20-25-11-17(29(20)12-14)21-24-9-8-19(27-21)26-15-3-2-10-28(13-15)22(31)16-4-1-5-18(16)30/h6-9,11-12,15-16,18,30H,1-5,10,13H2,(H,24,26,27)/t15?,16-,18+/m1/s1. The Bertz CT molecular complexity index is 1100. The lowest BCUT2D eigenvalue weighted by Gasteiger charge is -2.35. The average Bonchev–Trinajstić information content (AvgIpc) is 3.39. The highest BCUT2D eigenvalue weighted by Gasteiger charge is 2.36. The first-order chi connectivity index (χ1) is 15.1. The average molecular weight is 424 g/mol. The molecule has 3 atom stereocenters. The Hall–Kier alpha value is -3.07. The molecule has 2 aliphatic rings. The van der Waals surface area contributed by atoms with Crippen LogP contribution in [0.4, 0.5) is 10.2 Å². The van der Waals surface area contributed by atoms with Gasteiger partial charge in [0, 0.05) is 31.5 Å². The van der Waals surface area contributed by atoms with Crippen LogP contribution >= 0.6 is 0 Å². The molecule has 0 spiro atoms. The molecule has 1 unspecified atom stereocenters. The Balaban J connectivity index is 1.31. The number of piperidine rings is 1. The highest BCUT2D eigenvalue weighted by atomic mass is 19.1. The number of halogens is 1. The lowest BCUT2D eigenvalue weighted by atomic mass is 10.00. The summed E-state index contributed by atoms with van der Waals surface area (Å²) in [6, 6.07) is 4.83. The largest absolute Gasteiger partial charge is 0.392 e. The van der Waals surface area contributed by atoms with Crippen molar-refractivity contribution >= 4 is 17.4 Å². The molecule has 2 N–H and O–H groups in total. The highest BCUT2D eigenvalue weighted by Crippen LogP contribution is 2.29. The predicted molar refractivity (Wildman–Crippen MR) is 113 cm³/mol. The van der Waals surface area contributed by atoms with Crippen molar-refractivity contribution in [3.8, 4) is 11.5 Å². The second-order valence-electron chi connectivity index (χ2n) is 8.36. The zero-order valence-corrected chi connectivity index (χ0v) is 17.1. The number of carbonyl (C=O) groups excluding carboxylic acids is 1. The van der Waals surface area contributed by atoms with Gasteiger partial charge in [-0.3, -0.25) is 9.20 Å². The van der Waals surface area contributed by atoms with Gasteiger partial charge in [-0.15, -0.1) is 0 Å². The van der Waals surface area contributed by atoms with E-state index in [1.807, 2.05) is 4.90 Å². The number of nitrogens with zero attached hydrogens (tertiary/aromatic N) is 5. The molecule has 5 rings (SSSR count). The summed E-state index contributed by atoms with van der Waals surface area (Å²) in [5.41, 5.74) is 1.22. The number of hydrogen-bond acceptors (Lipinski definition) is 6. The molecule has 31 heavy (non-hydrogen) atoms. The van der Waals surface area contributed by atoms with Crippen LogP contribution in [0, 0.1) is 11.7 Å². The monoisotopic (exact) mass is 424 g/mol. The van der Waals surface area contributed by atoms with E-state index in [2.05, 4.69) is 20.3 Å². The van der Waals surface area contributed by atoms with Crippen LogP contribution in [-0.2, 0) is 4.79 Å². The maximum absolute atomic E-state index is 13.7. The van der Waals surface area contributed by atoms with E-state index >= 15 is 0 Å². The van der Waals surface area contributed by atoms with Gasteiger partial charge in [-0.25, -0.2) is 19.3 Å². The molecule has 1 saturated heterocycles. The van der Waals surface area contributed by atoms with E-state index in [9.17, 15) is 14.3 Å². The molecule has 9 heteroatoms. The fourth-order valence-corrected chi connectivity index (χ4v) is 4.65. The molecule has 8 nitrogen and oxygen atoms in total. The van der Waals surface area contributed by atoms with E-state index in [4.69, 9.17) is 0 Å². The van der Waals surface area contributed by atoms with Crippen LogP contribution in [0.1, 0.15) is 32.1 Å². The Kier molecular flexibility index (Phi) is 5.27. The molecule has 0 aromatic carbocycles. The first kappa shape index (κ1) is 19.9. The summed E-state index contributed by atoms with van der Waals surface area (Å²) < 4.78 is 15.3. The molecule has 0 radical (unpaired) electrons. The van der Waals surface area contributed by atoms with Crippen molar-refractivity contribution < 1.29 is 14.3 Å². The van der Waals surface area contributed by atoms with Crippen molar-refractivity contribution in [2.45, 2.75) is 44.2 Å². The number of aliphatic hydroxyl groups excluding tert-OH is 1. The third-order valence-corrected chi connectivity index (χ3v) is 6.24. The number of aliphatic hydroxyl groups is 1. The summed E-state index contributed by atoms with van der Waals surface area (Å²) in [4.78, 5) is 27.9. The molecule has 0 bridgehead atoms. The summed E-state index contributed by atoms with van der Waals surface area (Å²) in [6.45, 7) is 1.31. The number of amides is 1. The third kappa shape index (κ3) is 3.97. The second-order valence-corrected chi connectivity index (χ2v) is 8.36. The fraction of sp³-hybridized carbons (Fsp3) is 0.455. The van der Waals surface area contributed by atoms with Crippen molar-refractivity contribution in [3.63, 3.8) is 0 Å². The lowest BCUT2D eigenvalue weighted by Crippen LogP contribution is -2.48. The van der Waals surface area contributed by atoms with Gasteiger partial charge in [0.05, 0.1) is 18.2 Å². The summed E-state index contributed by atoms with van der Waals surface area (Å²) in [6.07, 6.45) is 8.35. The summed E-state index contributed by atoms with van der Waals surface area (Å²) in [5, 5.41) is 13.5. The zero-order valence-electron chi connectivity index (χ0n) is 17.1. The molecule has 1 aliphatic heterocycles. The van der Waals surface area contributed by atoms with Gasteiger partial charge < -0.3 is 15.3 Å². The van der Waals surface area contributed by atoms with Gasteiger partial charge in [0.25, 0.3) is 0 Å². The molecule has 1 amide bonds. The number of carbonyl (C=O) groups is 1. The Morgan fingerprint density at radius 1 is 1.16 bits per heavy atom. The van der Waals surface area contributed by atoms with Crippen molar-refractivity contribution in [2.75, 3.05) is 18.4 Å². The van der Waals surface area contributed by atoms with Crippen molar-refractivity contribution in [1.29, 1.82) is 0 Å². The number of rotatable bonds is 4. The summed E-state index contributed by atoms with van der Waals surface area (Å²) >= 11 is 0. The SMILES string of the molecule is O=C([C@@H]1CCC[C@@H]1O)N1CCCC(Nc2ccnc(-c3cnc4ccc(F)cn34)n2)C1. The van der Waals surface area contributed by atoms with Crippen molar-refractivity contribution in [1.82, 2.24) is 24.3 Å². The number of aromatic nitrogens is 4. The number of hydrogen-bond donors (Lipinski definition) is 2. The number of nitrogens with one attached hydrogen (secondary N) is 1. The third-order valence-electron chi connectivity index (χ3n) is 6.24. The van der Waals surface area contributed by atoms with Crippen LogP contribution in [0.15, 0.2) is 36.8 Å². The molecule has 1 saturated carbocycles. The number of anilines is 1. The quantitative estimate of drug-likeness (QED) is 0.668. The minimum atomic E-state index is -0.513. The fourth-order valence-electron chi connectivity index (χ4n) is 4.65. The van der Waals surface area contributed by atoms with E-state index in [0.717, 1.165) is 32.2 Å². The van der Waals surface area contributed by atoms with Crippen molar-refractivity contribution in [2.24, 2.45) is 5.92 Å². The van der Waals surface area contributed by atoms with E-state index in [1.165, 1.54) is 12.3 Å². The smallest absolute Gasteiger partial charge is 0.228 e. The first-order valence-corrected chi connectivity index (χ1v) is 10.8. The van der Waals surface area contributed by atoms with Crippen LogP contribution in [0.5, 0.6) is 0 Å². The van der Waals surface area contributed by atoms with Crippen LogP contribution in [0.3, 0.4) is 0 Å². The van der Waals surface area contributed by atoms with Gasteiger partial charge in [-0.1, -0.05) is 0 Å². The minimum absolute atomic E-state index is 0.0626. The summed E-state index contributed by atoms with van der Waals surface area (Å²) in [7, 11) is 0. The molecular formula is C22H25FN6O2. The van der Waals surface area contributed by atoms with Crippen LogP contribution < -0.4 is 5.32 Å². The number of pyridine rings is 1. The van der Waals surface area contributed by atoms with Gasteiger partial charge in [-0.2, -0.15) is 0 Å². The van der Waals surface area contributed by atoms with Gasteiger partial charge in [-0.05, 0) is 50.3 Å². The Morgan fingerprint density at radius 3 is 2.90 bits per heavy atom. The Morgan fingerprint density at radius 2 is 2.06 bits per heavy atom. The topological polar surface area (TPSA) is 95.7 Å². The Labute approximate surface area is 179 Å². The minimum Gasteiger partial charge on any atom is -0.392 e. The number of likely N-dealkylation sites (tertiary alicyclic amines) is 1. The summed E-state index contributed by atoms with van der Waals surface area (Å²) in [5.74, 6) is 0.533. The van der Waals surface area contributed by atoms with E-state index in [1.54, 1.807) is 28.9 Å². The van der Waals surface area contributed by atoms with Gasteiger partial charge in [0.1, 0.15) is 23.0 Å². The molecule has 1 aliphatic carbocycles. The number of fused-ring (bicyclic) bond motifs is 1. The van der Waals surface area contributed by atoms with Gasteiger partial charge in [0.15, 0.2) is 5.82 Å². The molecule has 4 heterocycles. The molecule has 3 aromatic heterocycles. The maximum atomic E-state index is 13.7. The van der Waals surface area contributed by atoms with E-state index < -0.39 is 6.10 Å². The maximum Gasteiger partial charge on any atom is 0.228 e. The molecule has 2 fully saturated rings. The second kappa shape index (κ2) is 8.22. The van der Waals surface area contributed by atoms with E-state index in [-0.39, 0.29) is 23.7 Å². The van der Waals surface area contributed by atoms with Crippen LogP contribution in [-0.4, -0.2) is 60.5 Å². The number of imidazole rings is 1.